The minimum absolute atomic E-state index is 0. The number of aryl methyl sites for hydroxylation is 1. The number of carbonyl (C=O) groups excluding carboxylic acids is 1. The van der Waals surface area contributed by atoms with Crippen molar-refractivity contribution < 1.29 is 9.53 Å². The summed E-state index contributed by atoms with van der Waals surface area (Å²) in [4.78, 5) is 18.4. The molecule has 166 valence electrons. The van der Waals surface area contributed by atoms with Crippen LogP contribution >= 0.6 is 24.0 Å². The van der Waals surface area contributed by atoms with E-state index < -0.39 is 5.60 Å². The summed E-state index contributed by atoms with van der Waals surface area (Å²) < 4.78 is 7.54. The van der Waals surface area contributed by atoms with Crippen molar-refractivity contribution in [1.29, 1.82) is 0 Å². The Morgan fingerprint density at radius 2 is 2.14 bits per heavy atom. The van der Waals surface area contributed by atoms with Crippen molar-refractivity contribution in [2.45, 2.75) is 59.1 Å². The molecule has 2 rings (SSSR count). The third kappa shape index (κ3) is 8.75. The molecule has 0 aromatic carbocycles. The summed E-state index contributed by atoms with van der Waals surface area (Å²) in [7, 11) is 1.76. The van der Waals surface area contributed by atoms with E-state index in [1.54, 1.807) is 13.4 Å². The van der Waals surface area contributed by atoms with Crippen molar-refractivity contribution >= 4 is 36.0 Å². The number of guanidine groups is 1. The normalized spacial score (nSPS) is 17.5. The molecule has 1 fully saturated rings. The van der Waals surface area contributed by atoms with Gasteiger partial charge in [0, 0.05) is 46.2 Å². The topological polar surface area (TPSA) is 96.7 Å². The van der Waals surface area contributed by atoms with Gasteiger partial charge in [0.05, 0.1) is 0 Å². The average Bonchev–Trinajstić information content (AvgIpc) is 3.11. The molecule has 2 N–H and O–H groups in total. The summed E-state index contributed by atoms with van der Waals surface area (Å²) in [5, 5.41) is 14.7. The Bertz CT molecular complexity index is 657. The van der Waals surface area contributed by atoms with Crippen molar-refractivity contribution in [1.82, 2.24) is 30.3 Å². The standard InChI is InChI=1S/C19H35N7O2.HI/c1-6-16-24-23-14-26(16)11-9-21-17(20-5)22-12-15-8-7-10-25(13-15)18(27)28-19(2,3)4;/h14-15H,6-13H2,1-5H3,(H2,20,21,22);1H. The molecule has 2 heterocycles. The van der Waals surface area contributed by atoms with Crippen LogP contribution < -0.4 is 10.6 Å². The number of amides is 1. The van der Waals surface area contributed by atoms with Gasteiger partial charge in [0.15, 0.2) is 5.96 Å². The van der Waals surface area contributed by atoms with Crippen LogP contribution in [-0.2, 0) is 17.7 Å². The maximum Gasteiger partial charge on any atom is 0.410 e. The highest BCUT2D eigenvalue weighted by molar-refractivity contribution is 14.0. The Labute approximate surface area is 191 Å². The molecule has 1 aromatic rings. The van der Waals surface area contributed by atoms with Crippen LogP contribution in [0.3, 0.4) is 0 Å². The molecule has 1 aromatic heterocycles. The highest BCUT2D eigenvalue weighted by Crippen LogP contribution is 2.18. The fourth-order valence-corrected chi connectivity index (χ4v) is 3.22. The van der Waals surface area contributed by atoms with E-state index in [9.17, 15) is 4.79 Å². The predicted octanol–water partition coefficient (Wildman–Crippen LogP) is 2.27. The number of piperidine rings is 1. The smallest absolute Gasteiger partial charge is 0.410 e. The first kappa shape index (κ1) is 25.4. The van der Waals surface area contributed by atoms with E-state index in [0.717, 1.165) is 57.2 Å². The van der Waals surface area contributed by atoms with E-state index in [-0.39, 0.29) is 30.1 Å². The van der Waals surface area contributed by atoms with Gasteiger partial charge in [-0.25, -0.2) is 4.79 Å². The summed E-state index contributed by atoms with van der Waals surface area (Å²) in [6.07, 6.45) is 4.47. The zero-order chi connectivity index (χ0) is 20.6. The maximum absolute atomic E-state index is 12.3. The summed E-state index contributed by atoms with van der Waals surface area (Å²) in [5.41, 5.74) is -0.462. The molecular formula is C19H36IN7O2. The molecule has 0 radical (unpaired) electrons. The van der Waals surface area contributed by atoms with Gasteiger partial charge in [0.1, 0.15) is 17.8 Å². The SMILES string of the molecule is CCc1nncn1CCNC(=NC)NCC1CCCN(C(=O)OC(C)(C)C)C1.I. The fourth-order valence-electron chi connectivity index (χ4n) is 3.22. The third-order valence-electron chi connectivity index (χ3n) is 4.61. The summed E-state index contributed by atoms with van der Waals surface area (Å²) >= 11 is 0. The van der Waals surface area contributed by atoms with Crippen LogP contribution in [0.4, 0.5) is 4.79 Å². The lowest BCUT2D eigenvalue weighted by atomic mass is 9.98. The van der Waals surface area contributed by atoms with Crippen LogP contribution in [-0.4, -0.2) is 70.5 Å². The van der Waals surface area contributed by atoms with Crippen molar-refractivity contribution in [2.75, 3.05) is 33.2 Å². The Balaban J connectivity index is 0.00000420. The number of aromatic nitrogens is 3. The molecular weight excluding hydrogens is 485 g/mol. The first-order chi connectivity index (χ1) is 13.3. The number of halogens is 1. The maximum atomic E-state index is 12.3. The van der Waals surface area contributed by atoms with Crippen molar-refractivity contribution in [2.24, 2.45) is 10.9 Å². The average molecular weight is 521 g/mol. The summed E-state index contributed by atoms with van der Waals surface area (Å²) in [6.45, 7) is 11.5. The van der Waals surface area contributed by atoms with E-state index in [2.05, 4.69) is 32.7 Å². The first-order valence-corrected chi connectivity index (χ1v) is 10.1. The Morgan fingerprint density at radius 1 is 1.38 bits per heavy atom. The lowest BCUT2D eigenvalue weighted by Crippen LogP contribution is -2.47. The second-order valence-corrected chi connectivity index (χ2v) is 8.11. The number of rotatable bonds is 6. The molecule has 1 aliphatic rings. The fraction of sp³-hybridized carbons (Fsp3) is 0.789. The van der Waals surface area contributed by atoms with E-state index in [1.165, 1.54) is 0 Å². The zero-order valence-corrected chi connectivity index (χ0v) is 20.6. The Kier molecular flexibility index (Phi) is 10.7. The van der Waals surface area contributed by atoms with Gasteiger partial charge in [0.25, 0.3) is 0 Å². The van der Waals surface area contributed by atoms with Crippen molar-refractivity contribution in [3.63, 3.8) is 0 Å². The monoisotopic (exact) mass is 521 g/mol. The predicted molar refractivity (Wildman–Crippen MR) is 125 cm³/mol. The molecule has 1 aliphatic heterocycles. The Morgan fingerprint density at radius 3 is 2.79 bits per heavy atom. The molecule has 0 saturated carbocycles. The van der Waals surface area contributed by atoms with E-state index in [1.807, 2.05) is 30.2 Å². The van der Waals surface area contributed by atoms with E-state index in [4.69, 9.17) is 4.74 Å². The minimum atomic E-state index is -0.462. The number of hydrogen-bond donors (Lipinski definition) is 2. The van der Waals surface area contributed by atoms with Crippen molar-refractivity contribution in [3.05, 3.63) is 12.2 Å². The van der Waals surface area contributed by atoms with Gasteiger partial charge in [-0.05, 0) is 39.5 Å². The van der Waals surface area contributed by atoms with Crippen LogP contribution in [0.15, 0.2) is 11.3 Å². The molecule has 1 unspecified atom stereocenters. The molecule has 0 aliphatic carbocycles. The highest BCUT2D eigenvalue weighted by atomic mass is 127. The number of nitrogens with one attached hydrogen (secondary N) is 2. The van der Waals surface area contributed by atoms with Crippen LogP contribution in [0.25, 0.3) is 0 Å². The molecule has 0 spiro atoms. The van der Waals surface area contributed by atoms with Gasteiger partial charge in [-0.2, -0.15) is 0 Å². The van der Waals surface area contributed by atoms with Gasteiger partial charge in [0.2, 0.25) is 0 Å². The number of aliphatic imine (C=N–C) groups is 1. The molecule has 1 saturated heterocycles. The number of nitrogens with zero attached hydrogens (tertiary/aromatic N) is 5. The molecule has 29 heavy (non-hydrogen) atoms. The van der Waals surface area contributed by atoms with Gasteiger partial charge in [-0.15, -0.1) is 34.2 Å². The molecule has 1 amide bonds. The second kappa shape index (κ2) is 12.2. The summed E-state index contributed by atoms with van der Waals surface area (Å²) in [5.74, 6) is 2.12. The van der Waals surface area contributed by atoms with Crippen LogP contribution in [0.2, 0.25) is 0 Å². The van der Waals surface area contributed by atoms with Crippen LogP contribution in [0.1, 0.15) is 46.4 Å². The lowest BCUT2D eigenvalue weighted by Gasteiger charge is -2.34. The van der Waals surface area contributed by atoms with Crippen LogP contribution in [0, 0.1) is 5.92 Å². The van der Waals surface area contributed by atoms with Gasteiger partial charge in [-0.1, -0.05) is 6.92 Å². The number of likely N-dealkylation sites (tertiary alicyclic amines) is 1. The molecule has 0 bridgehead atoms. The lowest BCUT2D eigenvalue weighted by molar-refractivity contribution is 0.0168. The third-order valence-corrected chi connectivity index (χ3v) is 4.61. The largest absolute Gasteiger partial charge is 0.444 e. The van der Waals surface area contributed by atoms with E-state index >= 15 is 0 Å². The number of carbonyl (C=O) groups is 1. The quantitative estimate of drug-likeness (QED) is 0.339. The number of ether oxygens (including phenoxy) is 1. The molecule has 10 heteroatoms. The van der Waals surface area contributed by atoms with Crippen LogP contribution in [0.5, 0.6) is 0 Å². The van der Waals surface area contributed by atoms with Gasteiger partial charge in [-0.3, -0.25) is 4.99 Å². The second-order valence-electron chi connectivity index (χ2n) is 8.11. The zero-order valence-electron chi connectivity index (χ0n) is 18.3. The molecule has 9 nitrogen and oxygen atoms in total. The minimum Gasteiger partial charge on any atom is -0.444 e. The highest BCUT2D eigenvalue weighted by Gasteiger charge is 2.27. The first-order valence-electron chi connectivity index (χ1n) is 10.1. The Hall–Kier alpha value is -1.59. The van der Waals surface area contributed by atoms with E-state index in [0.29, 0.717) is 12.5 Å². The molecule has 1 atom stereocenters. The van der Waals surface area contributed by atoms with Crippen molar-refractivity contribution in [3.8, 4) is 0 Å². The van der Waals surface area contributed by atoms with Gasteiger partial charge < -0.3 is 24.8 Å². The number of hydrogen-bond acceptors (Lipinski definition) is 5. The summed E-state index contributed by atoms with van der Waals surface area (Å²) in [6, 6.07) is 0. The van der Waals surface area contributed by atoms with Gasteiger partial charge >= 0.3 is 6.09 Å².